The van der Waals surface area contributed by atoms with E-state index in [0.717, 1.165) is 23.9 Å². The molecule has 1 N–H and O–H groups in total. The molecule has 0 aliphatic carbocycles. The maximum atomic E-state index is 4.80. The zero-order valence-corrected chi connectivity index (χ0v) is 16.5. The molecular weight excluding hydrogens is 358 g/mol. The molecule has 0 saturated heterocycles. The lowest BCUT2D eigenvalue weighted by Crippen LogP contribution is -2.02. The van der Waals surface area contributed by atoms with Gasteiger partial charge in [-0.05, 0) is 36.9 Å². The Labute approximate surface area is 162 Å². The van der Waals surface area contributed by atoms with Crippen molar-refractivity contribution in [2.75, 3.05) is 5.32 Å². The van der Waals surface area contributed by atoms with Crippen LogP contribution in [0.3, 0.4) is 0 Å². The zero-order valence-electron chi connectivity index (χ0n) is 14.9. The van der Waals surface area contributed by atoms with E-state index < -0.39 is 0 Å². The molecule has 132 valence electrons. The number of hydrogen-bond acceptors (Lipinski definition) is 4. The number of benzene rings is 1. The Morgan fingerprint density at radius 2 is 1.88 bits per heavy atom. The minimum Gasteiger partial charge on any atom is -0.357 e. The second-order valence-corrected chi connectivity index (χ2v) is 8.22. The van der Waals surface area contributed by atoms with E-state index in [2.05, 4.69) is 77.0 Å². The number of thiophene rings is 1. The van der Waals surface area contributed by atoms with Crippen LogP contribution in [-0.4, -0.2) is 9.55 Å². The number of aromatic nitrogens is 2. The molecule has 1 aromatic carbocycles. The molecule has 0 aliphatic heterocycles. The molecule has 0 bridgehead atoms. The number of hydrogen-bond donors (Lipinski definition) is 1. The van der Waals surface area contributed by atoms with Crippen molar-refractivity contribution in [2.45, 2.75) is 26.9 Å². The van der Waals surface area contributed by atoms with Crippen LogP contribution in [0.25, 0.3) is 11.3 Å². The third-order valence-corrected chi connectivity index (χ3v) is 6.20. The number of nitrogens with one attached hydrogen (secondary N) is 1. The fourth-order valence-corrected chi connectivity index (χ4v) is 4.52. The molecule has 0 aliphatic rings. The summed E-state index contributed by atoms with van der Waals surface area (Å²) in [5, 5.41) is 8.67. The number of aryl methyl sites for hydroxylation is 1. The molecule has 5 heteroatoms. The van der Waals surface area contributed by atoms with Gasteiger partial charge in [0.2, 0.25) is 0 Å². The van der Waals surface area contributed by atoms with Gasteiger partial charge in [-0.1, -0.05) is 36.4 Å². The molecule has 0 saturated carbocycles. The second kappa shape index (κ2) is 7.48. The minimum absolute atomic E-state index is 0.797. The smallest absolute Gasteiger partial charge is 0.183 e. The Morgan fingerprint density at radius 1 is 1.04 bits per heavy atom. The molecular formula is C21H21N3S2. The van der Waals surface area contributed by atoms with E-state index in [4.69, 9.17) is 4.98 Å². The Balaban J connectivity index is 1.52. The predicted molar refractivity (Wildman–Crippen MR) is 112 cm³/mol. The van der Waals surface area contributed by atoms with Crippen LogP contribution in [0, 0.1) is 13.8 Å². The molecule has 0 spiro atoms. The first-order valence-corrected chi connectivity index (χ1v) is 10.4. The summed E-state index contributed by atoms with van der Waals surface area (Å²) in [7, 11) is 0. The molecule has 3 heterocycles. The van der Waals surface area contributed by atoms with Crippen molar-refractivity contribution < 1.29 is 0 Å². The highest BCUT2D eigenvalue weighted by Gasteiger charge is 2.14. The minimum atomic E-state index is 0.797. The highest BCUT2D eigenvalue weighted by molar-refractivity contribution is 7.14. The summed E-state index contributed by atoms with van der Waals surface area (Å²) < 4.78 is 2.37. The van der Waals surface area contributed by atoms with E-state index in [0.29, 0.717) is 0 Å². The molecule has 26 heavy (non-hydrogen) atoms. The summed E-state index contributed by atoms with van der Waals surface area (Å²) in [4.78, 5) is 6.18. The van der Waals surface area contributed by atoms with Crippen LogP contribution in [0.1, 0.15) is 21.8 Å². The highest BCUT2D eigenvalue weighted by Crippen LogP contribution is 2.30. The standard InChI is InChI=1S/C21H21N3S2/c1-15-11-19(16(2)24(15)13-18-9-6-10-25-18)20-14-26-21(23-20)22-12-17-7-4-3-5-8-17/h3-11,14H,12-13H2,1-2H3,(H,22,23). The molecule has 0 amide bonds. The Hall–Kier alpha value is -2.37. The maximum Gasteiger partial charge on any atom is 0.183 e. The second-order valence-electron chi connectivity index (χ2n) is 6.33. The Bertz CT molecular complexity index is 982. The van der Waals surface area contributed by atoms with E-state index in [1.807, 2.05) is 6.07 Å². The van der Waals surface area contributed by atoms with E-state index in [-0.39, 0.29) is 0 Å². The van der Waals surface area contributed by atoms with Crippen molar-refractivity contribution >= 4 is 27.8 Å². The summed E-state index contributed by atoms with van der Waals surface area (Å²) in [6.45, 7) is 6.08. The van der Waals surface area contributed by atoms with Crippen LogP contribution in [0.2, 0.25) is 0 Å². The van der Waals surface area contributed by atoms with Gasteiger partial charge in [-0.2, -0.15) is 0 Å². The van der Waals surface area contributed by atoms with Gasteiger partial charge in [-0.3, -0.25) is 0 Å². The van der Waals surface area contributed by atoms with Crippen LogP contribution < -0.4 is 5.32 Å². The highest BCUT2D eigenvalue weighted by atomic mass is 32.1. The summed E-state index contributed by atoms with van der Waals surface area (Å²) >= 11 is 3.47. The van der Waals surface area contributed by atoms with Crippen molar-refractivity contribution in [1.29, 1.82) is 0 Å². The number of thiazole rings is 1. The fraction of sp³-hybridized carbons (Fsp3) is 0.190. The topological polar surface area (TPSA) is 29.9 Å². The summed E-state index contributed by atoms with van der Waals surface area (Å²) in [5.41, 5.74) is 6.09. The zero-order chi connectivity index (χ0) is 17.9. The number of rotatable bonds is 6. The lowest BCUT2D eigenvalue weighted by molar-refractivity contribution is 0.760. The van der Waals surface area contributed by atoms with Gasteiger partial charge in [-0.25, -0.2) is 4.98 Å². The largest absolute Gasteiger partial charge is 0.357 e. The molecule has 0 radical (unpaired) electrons. The lowest BCUT2D eigenvalue weighted by atomic mass is 10.2. The van der Waals surface area contributed by atoms with Gasteiger partial charge in [0.25, 0.3) is 0 Å². The van der Waals surface area contributed by atoms with Gasteiger partial charge >= 0.3 is 0 Å². The van der Waals surface area contributed by atoms with E-state index in [9.17, 15) is 0 Å². The van der Waals surface area contributed by atoms with Gasteiger partial charge in [0.05, 0.1) is 12.2 Å². The average molecular weight is 380 g/mol. The number of anilines is 1. The molecule has 0 unspecified atom stereocenters. The third-order valence-electron chi connectivity index (χ3n) is 4.53. The van der Waals surface area contributed by atoms with Crippen molar-refractivity contribution in [3.05, 3.63) is 81.1 Å². The van der Waals surface area contributed by atoms with E-state index in [1.54, 1.807) is 22.7 Å². The van der Waals surface area contributed by atoms with Gasteiger partial charge < -0.3 is 9.88 Å². The summed E-state index contributed by atoms with van der Waals surface area (Å²) in [5.74, 6) is 0. The van der Waals surface area contributed by atoms with Crippen LogP contribution in [0.4, 0.5) is 5.13 Å². The molecule has 4 rings (SSSR count). The Kier molecular flexibility index (Phi) is 4.91. The molecule has 3 nitrogen and oxygen atoms in total. The van der Waals surface area contributed by atoms with Crippen molar-refractivity contribution in [1.82, 2.24) is 9.55 Å². The quantitative estimate of drug-likeness (QED) is 0.448. The predicted octanol–water partition coefficient (Wildman–Crippen LogP) is 5.95. The summed E-state index contributed by atoms with van der Waals surface area (Å²) in [6, 6.07) is 17.0. The van der Waals surface area contributed by atoms with Gasteiger partial charge in [-0.15, -0.1) is 22.7 Å². The van der Waals surface area contributed by atoms with Crippen molar-refractivity contribution in [2.24, 2.45) is 0 Å². The number of nitrogens with zero attached hydrogens (tertiary/aromatic N) is 2. The SMILES string of the molecule is Cc1cc(-c2csc(NCc3ccccc3)n2)c(C)n1Cc1cccs1. The van der Waals surface area contributed by atoms with Gasteiger partial charge in [0, 0.05) is 33.8 Å². The molecule has 0 fully saturated rings. The van der Waals surface area contributed by atoms with Crippen LogP contribution in [-0.2, 0) is 13.1 Å². The van der Waals surface area contributed by atoms with E-state index >= 15 is 0 Å². The third kappa shape index (κ3) is 3.59. The molecule has 4 aromatic rings. The Morgan fingerprint density at radius 3 is 2.65 bits per heavy atom. The average Bonchev–Trinajstić information content (AvgIpc) is 3.39. The van der Waals surface area contributed by atoms with Crippen molar-refractivity contribution in [3.8, 4) is 11.3 Å². The fourth-order valence-electron chi connectivity index (χ4n) is 3.11. The first-order chi connectivity index (χ1) is 12.7. The van der Waals surface area contributed by atoms with Crippen molar-refractivity contribution in [3.63, 3.8) is 0 Å². The van der Waals surface area contributed by atoms with E-state index in [1.165, 1.54) is 27.4 Å². The normalized spacial score (nSPS) is 11.0. The molecule has 0 atom stereocenters. The monoisotopic (exact) mass is 379 g/mol. The first kappa shape index (κ1) is 17.1. The first-order valence-electron chi connectivity index (χ1n) is 8.63. The van der Waals surface area contributed by atoms with Gasteiger partial charge in [0.1, 0.15) is 0 Å². The molecule has 3 aromatic heterocycles. The summed E-state index contributed by atoms with van der Waals surface area (Å²) in [6.07, 6.45) is 0. The van der Waals surface area contributed by atoms with Crippen LogP contribution in [0.15, 0.2) is 59.3 Å². The van der Waals surface area contributed by atoms with Gasteiger partial charge in [0.15, 0.2) is 5.13 Å². The van der Waals surface area contributed by atoms with Crippen LogP contribution >= 0.6 is 22.7 Å². The maximum absolute atomic E-state index is 4.80. The lowest BCUT2D eigenvalue weighted by Gasteiger charge is -2.08. The van der Waals surface area contributed by atoms with Crippen LogP contribution in [0.5, 0.6) is 0 Å².